The second kappa shape index (κ2) is 6.06. The molecule has 0 fully saturated rings. The van der Waals surface area contributed by atoms with Crippen molar-refractivity contribution in [3.63, 3.8) is 0 Å². The van der Waals surface area contributed by atoms with E-state index in [1.807, 2.05) is 31.8 Å². The van der Waals surface area contributed by atoms with Crippen LogP contribution in [-0.4, -0.2) is 16.8 Å². The Morgan fingerprint density at radius 2 is 2.05 bits per heavy atom. The number of hydrogen-bond donors (Lipinski definition) is 1. The summed E-state index contributed by atoms with van der Waals surface area (Å²) >= 11 is 3.34. The van der Waals surface area contributed by atoms with E-state index in [0.717, 1.165) is 27.8 Å². The van der Waals surface area contributed by atoms with E-state index in [1.54, 1.807) is 6.07 Å². The number of benzene rings is 1. The topological polar surface area (TPSA) is 29.9 Å². The van der Waals surface area contributed by atoms with Gasteiger partial charge in [-0.1, -0.05) is 15.9 Å². The van der Waals surface area contributed by atoms with E-state index >= 15 is 0 Å². The summed E-state index contributed by atoms with van der Waals surface area (Å²) in [6, 6.07) is 5.13. The molecule has 1 heterocycles. The minimum Gasteiger partial charge on any atom is -0.313 e. The SMILES string of the molecule is CNC(Cc1cc(F)cc(Br)c1)c1c(C)nn(C)c1C. The number of nitrogens with one attached hydrogen (secondary N) is 1. The summed E-state index contributed by atoms with van der Waals surface area (Å²) in [6.45, 7) is 4.06. The first kappa shape index (κ1) is 15.2. The van der Waals surface area contributed by atoms with Crippen LogP contribution in [0.4, 0.5) is 4.39 Å². The van der Waals surface area contributed by atoms with Gasteiger partial charge >= 0.3 is 0 Å². The van der Waals surface area contributed by atoms with E-state index in [0.29, 0.717) is 0 Å². The molecular formula is C15H19BrFN3. The Morgan fingerprint density at radius 3 is 2.55 bits per heavy atom. The average Bonchev–Trinajstić information content (AvgIpc) is 2.60. The molecule has 0 saturated heterocycles. The molecule has 1 atom stereocenters. The van der Waals surface area contributed by atoms with Gasteiger partial charge in [0.1, 0.15) is 5.82 Å². The third kappa shape index (κ3) is 3.10. The Kier molecular flexibility index (Phi) is 4.60. The lowest BCUT2D eigenvalue weighted by Gasteiger charge is -2.17. The second-order valence-electron chi connectivity index (χ2n) is 5.03. The molecule has 0 bridgehead atoms. The maximum atomic E-state index is 13.5. The quantitative estimate of drug-likeness (QED) is 0.924. The van der Waals surface area contributed by atoms with Gasteiger partial charge in [-0.25, -0.2) is 4.39 Å². The molecule has 3 nitrogen and oxygen atoms in total. The van der Waals surface area contributed by atoms with Crippen molar-refractivity contribution in [3.8, 4) is 0 Å². The minimum atomic E-state index is -0.219. The molecule has 0 aliphatic carbocycles. The molecular weight excluding hydrogens is 321 g/mol. The fourth-order valence-corrected chi connectivity index (χ4v) is 3.12. The number of rotatable bonds is 4. The fourth-order valence-electron chi connectivity index (χ4n) is 2.61. The van der Waals surface area contributed by atoms with Crippen LogP contribution in [0.25, 0.3) is 0 Å². The highest BCUT2D eigenvalue weighted by molar-refractivity contribution is 9.10. The summed E-state index contributed by atoms with van der Waals surface area (Å²) in [7, 11) is 3.86. The van der Waals surface area contributed by atoms with Crippen LogP contribution >= 0.6 is 15.9 Å². The molecule has 1 aromatic heterocycles. The standard InChI is InChI=1S/C15H19BrFN3/c1-9-15(10(2)20(4)19-9)14(18-3)7-11-5-12(16)8-13(17)6-11/h5-6,8,14,18H,7H2,1-4H3. The Bertz CT molecular complexity index is 602. The molecule has 0 amide bonds. The normalized spacial score (nSPS) is 12.7. The van der Waals surface area contributed by atoms with Crippen molar-refractivity contribution in [2.24, 2.45) is 7.05 Å². The highest BCUT2D eigenvalue weighted by Crippen LogP contribution is 2.26. The fraction of sp³-hybridized carbons (Fsp3) is 0.400. The lowest BCUT2D eigenvalue weighted by molar-refractivity contribution is 0.577. The van der Waals surface area contributed by atoms with E-state index in [-0.39, 0.29) is 11.9 Å². The molecule has 2 aromatic rings. The van der Waals surface area contributed by atoms with Crippen molar-refractivity contribution < 1.29 is 4.39 Å². The number of halogens is 2. The molecule has 108 valence electrons. The number of aryl methyl sites for hydroxylation is 2. The highest BCUT2D eigenvalue weighted by Gasteiger charge is 2.19. The van der Waals surface area contributed by atoms with Gasteiger partial charge in [-0.05, 0) is 51.1 Å². The molecule has 0 aliphatic heterocycles. The lowest BCUT2D eigenvalue weighted by atomic mass is 9.97. The molecule has 0 radical (unpaired) electrons. The predicted octanol–water partition coefficient (Wildman–Crippen LogP) is 3.44. The smallest absolute Gasteiger partial charge is 0.124 e. The van der Waals surface area contributed by atoms with E-state index in [2.05, 4.69) is 33.3 Å². The van der Waals surface area contributed by atoms with Gasteiger partial charge in [-0.2, -0.15) is 5.10 Å². The molecule has 1 aromatic carbocycles. The van der Waals surface area contributed by atoms with Gasteiger partial charge in [0.15, 0.2) is 0 Å². The van der Waals surface area contributed by atoms with Crippen molar-refractivity contribution in [1.82, 2.24) is 15.1 Å². The number of likely N-dealkylation sites (N-methyl/N-ethyl adjacent to an activating group) is 1. The maximum Gasteiger partial charge on any atom is 0.124 e. The molecule has 2 rings (SSSR count). The van der Waals surface area contributed by atoms with Crippen LogP contribution in [-0.2, 0) is 13.5 Å². The van der Waals surface area contributed by atoms with Crippen molar-refractivity contribution in [3.05, 3.63) is 51.0 Å². The highest BCUT2D eigenvalue weighted by atomic mass is 79.9. The van der Waals surface area contributed by atoms with Crippen molar-refractivity contribution >= 4 is 15.9 Å². The van der Waals surface area contributed by atoms with Crippen LogP contribution in [0.5, 0.6) is 0 Å². The van der Waals surface area contributed by atoms with Gasteiger partial charge in [-0.15, -0.1) is 0 Å². The summed E-state index contributed by atoms with van der Waals surface area (Å²) in [5.41, 5.74) is 4.30. The van der Waals surface area contributed by atoms with Crippen LogP contribution < -0.4 is 5.32 Å². The first-order chi connectivity index (χ1) is 9.42. The molecule has 1 N–H and O–H groups in total. The van der Waals surface area contributed by atoms with Gasteiger partial charge < -0.3 is 5.32 Å². The minimum absolute atomic E-state index is 0.123. The Balaban J connectivity index is 2.33. The number of hydrogen-bond acceptors (Lipinski definition) is 2. The van der Waals surface area contributed by atoms with Crippen LogP contribution in [0.1, 0.15) is 28.6 Å². The van der Waals surface area contributed by atoms with Gasteiger partial charge in [0.05, 0.1) is 5.69 Å². The lowest BCUT2D eigenvalue weighted by Crippen LogP contribution is -2.20. The van der Waals surface area contributed by atoms with Crippen LogP contribution in [0.2, 0.25) is 0 Å². The van der Waals surface area contributed by atoms with Crippen LogP contribution in [0.3, 0.4) is 0 Å². The maximum absolute atomic E-state index is 13.5. The Labute approximate surface area is 127 Å². The molecule has 0 aliphatic rings. The second-order valence-corrected chi connectivity index (χ2v) is 5.95. The first-order valence-electron chi connectivity index (χ1n) is 6.54. The van der Waals surface area contributed by atoms with Gasteiger partial charge in [-0.3, -0.25) is 4.68 Å². The zero-order valence-electron chi connectivity index (χ0n) is 12.2. The summed E-state index contributed by atoms with van der Waals surface area (Å²) in [5, 5.41) is 7.76. The van der Waals surface area contributed by atoms with E-state index in [9.17, 15) is 4.39 Å². The zero-order valence-corrected chi connectivity index (χ0v) is 13.8. The third-order valence-electron chi connectivity index (χ3n) is 3.62. The average molecular weight is 340 g/mol. The van der Waals surface area contributed by atoms with E-state index in [4.69, 9.17) is 0 Å². The molecule has 1 unspecified atom stereocenters. The summed E-state index contributed by atoms with van der Waals surface area (Å²) in [6.07, 6.45) is 0.722. The first-order valence-corrected chi connectivity index (χ1v) is 7.34. The van der Waals surface area contributed by atoms with Gasteiger partial charge in [0.2, 0.25) is 0 Å². The predicted molar refractivity (Wildman–Crippen MR) is 82.3 cm³/mol. The number of aromatic nitrogens is 2. The monoisotopic (exact) mass is 339 g/mol. The van der Waals surface area contributed by atoms with E-state index < -0.39 is 0 Å². The Morgan fingerprint density at radius 1 is 1.35 bits per heavy atom. The largest absolute Gasteiger partial charge is 0.313 e. The van der Waals surface area contributed by atoms with Crippen molar-refractivity contribution in [2.45, 2.75) is 26.3 Å². The molecule has 0 saturated carbocycles. The Hall–Kier alpha value is -1.20. The summed E-state index contributed by atoms with van der Waals surface area (Å²) in [4.78, 5) is 0. The van der Waals surface area contributed by atoms with Crippen molar-refractivity contribution in [1.29, 1.82) is 0 Å². The third-order valence-corrected chi connectivity index (χ3v) is 4.08. The van der Waals surface area contributed by atoms with Crippen LogP contribution in [0.15, 0.2) is 22.7 Å². The summed E-state index contributed by atoms with van der Waals surface area (Å²) in [5.74, 6) is -0.219. The van der Waals surface area contributed by atoms with E-state index in [1.165, 1.54) is 11.6 Å². The van der Waals surface area contributed by atoms with Crippen LogP contribution in [0, 0.1) is 19.7 Å². The van der Waals surface area contributed by atoms with Gasteiger partial charge in [0, 0.05) is 28.8 Å². The molecule has 0 spiro atoms. The molecule has 5 heteroatoms. The zero-order chi connectivity index (χ0) is 14.9. The summed E-state index contributed by atoms with van der Waals surface area (Å²) < 4.78 is 16.1. The van der Waals surface area contributed by atoms with Crippen molar-refractivity contribution in [2.75, 3.05) is 7.05 Å². The number of nitrogens with zero attached hydrogens (tertiary/aromatic N) is 2. The molecule has 20 heavy (non-hydrogen) atoms. The van der Waals surface area contributed by atoms with Gasteiger partial charge in [0.25, 0.3) is 0 Å².